The van der Waals surface area contributed by atoms with Crippen LogP contribution in [0.2, 0.25) is 0 Å². The van der Waals surface area contributed by atoms with E-state index in [1.54, 1.807) is 0 Å². The third-order valence-electron chi connectivity index (χ3n) is 6.46. The Labute approximate surface area is 189 Å². The standard InChI is InChI=1S/C30H26N2/c1-23-13-12-20-28(24(23)2)29-21-31-22-32(29)30(25-14-6-3-7-15-25,26-16-8-4-9-17-26)27-18-10-5-11-19-27/h3-22H,1-2H3. The van der Waals surface area contributed by atoms with E-state index >= 15 is 0 Å². The molecule has 0 spiro atoms. The van der Waals surface area contributed by atoms with Gasteiger partial charge in [-0.25, -0.2) is 4.98 Å². The van der Waals surface area contributed by atoms with E-state index in [-0.39, 0.29) is 0 Å². The Morgan fingerprint density at radius 1 is 0.594 bits per heavy atom. The molecule has 0 atom stereocenters. The van der Waals surface area contributed by atoms with Gasteiger partial charge in [-0.05, 0) is 41.7 Å². The van der Waals surface area contributed by atoms with E-state index in [1.165, 1.54) is 33.4 Å². The highest BCUT2D eigenvalue weighted by molar-refractivity contribution is 5.67. The van der Waals surface area contributed by atoms with Crippen molar-refractivity contribution >= 4 is 0 Å². The zero-order valence-electron chi connectivity index (χ0n) is 18.4. The van der Waals surface area contributed by atoms with E-state index in [0.29, 0.717) is 0 Å². The van der Waals surface area contributed by atoms with E-state index in [0.717, 1.165) is 5.69 Å². The first-order chi connectivity index (χ1) is 15.7. The highest BCUT2D eigenvalue weighted by Gasteiger charge is 2.39. The van der Waals surface area contributed by atoms with Crippen molar-refractivity contribution in [3.05, 3.63) is 150 Å². The first-order valence-electron chi connectivity index (χ1n) is 11.0. The average Bonchev–Trinajstić information content (AvgIpc) is 3.33. The molecule has 0 bridgehead atoms. The van der Waals surface area contributed by atoms with E-state index in [4.69, 9.17) is 0 Å². The van der Waals surface area contributed by atoms with Gasteiger partial charge in [0.15, 0.2) is 0 Å². The minimum absolute atomic E-state index is 0.564. The third kappa shape index (κ3) is 3.16. The Bertz CT molecular complexity index is 1220. The fourth-order valence-electron chi connectivity index (χ4n) is 4.75. The Morgan fingerprint density at radius 3 is 1.59 bits per heavy atom. The second-order valence-electron chi connectivity index (χ2n) is 8.20. The van der Waals surface area contributed by atoms with Crippen LogP contribution in [0.4, 0.5) is 0 Å². The molecule has 0 aliphatic rings. The molecule has 0 fully saturated rings. The number of imidazole rings is 1. The van der Waals surface area contributed by atoms with Gasteiger partial charge in [-0.3, -0.25) is 0 Å². The van der Waals surface area contributed by atoms with Crippen molar-refractivity contribution in [1.29, 1.82) is 0 Å². The van der Waals surface area contributed by atoms with Crippen molar-refractivity contribution in [3.63, 3.8) is 0 Å². The van der Waals surface area contributed by atoms with Gasteiger partial charge in [0.2, 0.25) is 0 Å². The molecule has 32 heavy (non-hydrogen) atoms. The maximum Gasteiger partial charge on any atom is 0.122 e. The summed E-state index contributed by atoms with van der Waals surface area (Å²) >= 11 is 0. The molecule has 2 heteroatoms. The van der Waals surface area contributed by atoms with Crippen LogP contribution in [0.25, 0.3) is 11.3 Å². The van der Waals surface area contributed by atoms with Crippen molar-refractivity contribution in [2.45, 2.75) is 19.4 Å². The molecule has 0 saturated heterocycles. The molecule has 0 aliphatic carbocycles. The molecule has 0 amide bonds. The largest absolute Gasteiger partial charge is 0.312 e. The Kier molecular flexibility index (Phi) is 5.20. The first-order valence-corrected chi connectivity index (χ1v) is 11.0. The van der Waals surface area contributed by atoms with Crippen LogP contribution in [0, 0.1) is 13.8 Å². The lowest BCUT2D eigenvalue weighted by Gasteiger charge is -2.38. The van der Waals surface area contributed by atoms with Crippen LogP contribution in [-0.2, 0) is 5.54 Å². The van der Waals surface area contributed by atoms with Gasteiger partial charge in [-0.15, -0.1) is 0 Å². The molecule has 2 nitrogen and oxygen atoms in total. The molecule has 0 saturated carbocycles. The van der Waals surface area contributed by atoms with Crippen LogP contribution in [0.3, 0.4) is 0 Å². The zero-order valence-corrected chi connectivity index (χ0v) is 18.4. The number of benzene rings is 4. The molecular weight excluding hydrogens is 388 g/mol. The maximum atomic E-state index is 4.67. The van der Waals surface area contributed by atoms with Crippen LogP contribution < -0.4 is 0 Å². The summed E-state index contributed by atoms with van der Waals surface area (Å²) < 4.78 is 2.34. The summed E-state index contributed by atoms with van der Waals surface area (Å²) in [4.78, 5) is 4.67. The summed E-state index contributed by atoms with van der Waals surface area (Å²) in [5, 5.41) is 0. The molecule has 0 unspecified atom stereocenters. The van der Waals surface area contributed by atoms with Crippen LogP contribution in [0.15, 0.2) is 122 Å². The number of rotatable bonds is 5. The van der Waals surface area contributed by atoms with Gasteiger partial charge < -0.3 is 4.57 Å². The van der Waals surface area contributed by atoms with E-state index in [9.17, 15) is 0 Å². The smallest absolute Gasteiger partial charge is 0.122 e. The molecule has 0 N–H and O–H groups in total. The fraction of sp³-hybridized carbons (Fsp3) is 0.100. The minimum Gasteiger partial charge on any atom is -0.312 e. The van der Waals surface area contributed by atoms with Gasteiger partial charge in [-0.1, -0.05) is 109 Å². The van der Waals surface area contributed by atoms with Gasteiger partial charge in [0.05, 0.1) is 18.2 Å². The maximum absolute atomic E-state index is 4.67. The summed E-state index contributed by atoms with van der Waals surface area (Å²) in [5.74, 6) is 0. The summed E-state index contributed by atoms with van der Waals surface area (Å²) in [6, 6.07) is 38.7. The number of hydrogen-bond donors (Lipinski definition) is 0. The van der Waals surface area contributed by atoms with Crippen molar-refractivity contribution < 1.29 is 0 Å². The second kappa shape index (κ2) is 8.32. The Balaban J connectivity index is 1.92. The summed E-state index contributed by atoms with van der Waals surface area (Å²) in [6.07, 6.45) is 3.97. The Hall–Kier alpha value is -3.91. The quantitative estimate of drug-likeness (QED) is 0.283. The minimum atomic E-state index is -0.564. The number of aryl methyl sites for hydroxylation is 1. The summed E-state index contributed by atoms with van der Waals surface area (Å²) in [6.45, 7) is 4.36. The number of nitrogens with zero attached hydrogens (tertiary/aromatic N) is 2. The van der Waals surface area contributed by atoms with Gasteiger partial charge >= 0.3 is 0 Å². The summed E-state index contributed by atoms with van der Waals surface area (Å²) in [7, 11) is 0. The van der Waals surface area contributed by atoms with Gasteiger partial charge in [-0.2, -0.15) is 0 Å². The third-order valence-corrected chi connectivity index (χ3v) is 6.46. The fourth-order valence-corrected chi connectivity index (χ4v) is 4.75. The van der Waals surface area contributed by atoms with E-state index in [1.807, 2.05) is 12.5 Å². The van der Waals surface area contributed by atoms with Crippen molar-refractivity contribution in [1.82, 2.24) is 9.55 Å². The first kappa shape index (κ1) is 20.0. The number of aromatic nitrogens is 2. The van der Waals surface area contributed by atoms with E-state index in [2.05, 4.69) is 133 Å². The normalized spacial score (nSPS) is 11.4. The molecule has 5 aromatic rings. The lowest BCUT2D eigenvalue weighted by molar-refractivity contribution is 0.519. The molecule has 156 valence electrons. The lowest BCUT2D eigenvalue weighted by atomic mass is 9.76. The second-order valence-corrected chi connectivity index (χ2v) is 8.20. The SMILES string of the molecule is Cc1cccc(-c2cncn2C(c2ccccc2)(c2ccccc2)c2ccccc2)c1C. The van der Waals surface area contributed by atoms with Crippen LogP contribution >= 0.6 is 0 Å². The van der Waals surface area contributed by atoms with Crippen LogP contribution in [-0.4, -0.2) is 9.55 Å². The highest BCUT2D eigenvalue weighted by Crippen LogP contribution is 2.43. The van der Waals surface area contributed by atoms with Crippen molar-refractivity contribution in [2.24, 2.45) is 0 Å². The van der Waals surface area contributed by atoms with Crippen LogP contribution in [0.1, 0.15) is 27.8 Å². The molecule has 5 rings (SSSR count). The van der Waals surface area contributed by atoms with Gasteiger partial charge in [0.25, 0.3) is 0 Å². The van der Waals surface area contributed by atoms with Crippen molar-refractivity contribution in [3.8, 4) is 11.3 Å². The van der Waals surface area contributed by atoms with Gasteiger partial charge in [0, 0.05) is 5.56 Å². The molecular formula is C30H26N2. The topological polar surface area (TPSA) is 17.8 Å². The van der Waals surface area contributed by atoms with E-state index < -0.39 is 5.54 Å². The van der Waals surface area contributed by atoms with Crippen LogP contribution in [0.5, 0.6) is 0 Å². The molecule has 1 heterocycles. The number of hydrogen-bond acceptors (Lipinski definition) is 1. The molecule has 4 aromatic carbocycles. The predicted molar refractivity (Wildman–Crippen MR) is 132 cm³/mol. The molecule has 1 aromatic heterocycles. The monoisotopic (exact) mass is 414 g/mol. The molecule has 0 aliphatic heterocycles. The van der Waals surface area contributed by atoms with Crippen molar-refractivity contribution in [2.75, 3.05) is 0 Å². The summed E-state index contributed by atoms with van der Waals surface area (Å²) in [5.41, 5.74) is 7.88. The highest BCUT2D eigenvalue weighted by atomic mass is 15.1. The Morgan fingerprint density at radius 2 is 1.09 bits per heavy atom. The lowest BCUT2D eigenvalue weighted by Crippen LogP contribution is -2.37. The average molecular weight is 415 g/mol. The molecule has 0 radical (unpaired) electrons. The van der Waals surface area contributed by atoms with Gasteiger partial charge in [0.1, 0.15) is 5.54 Å². The zero-order chi connectivity index (χ0) is 22.0. The predicted octanol–water partition coefficient (Wildman–Crippen LogP) is 7.01.